The minimum atomic E-state index is 0.571. The topological polar surface area (TPSA) is 69.2 Å². The number of hydrogen-bond acceptors (Lipinski definition) is 6. The van der Waals surface area contributed by atoms with Gasteiger partial charge in [-0.3, -0.25) is 15.1 Å². The highest BCUT2D eigenvalue weighted by Gasteiger charge is 2.02. The second-order valence-corrected chi connectivity index (χ2v) is 6.54. The summed E-state index contributed by atoms with van der Waals surface area (Å²) in [4.78, 5) is 14.1. The van der Waals surface area contributed by atoms with Gasteiger partial charge >= 0.3 is 0 Å². The van der Waals surface area contributed by atoms with Crippen LogP contribution in [0, 0.1) is 0 Å². The van der Waals surface area contributed by atoms with Crippen molar-refractivity contribution in [3.8, 4) is 11.5 Å². The summed E-state index contributed by atoms with van der Waals surface area (Å²) < 4.78 is 15.2. The third-order valence-corrected chi connectivity index (χ3v) is 4.20. The van der Waals surface area contributed by atoms with Crippen molar-refractivity contribution in [2.45, 2.75) is 6.61 Å². The van der Waals surface area contributed by atoms with Crippen molar-refractivity contribution >= 4 is 18.7 Å². The van der Waals surface area contributed by atoms with E-state index in [2.05, 4.69) is 35.7 Å². The van der Waals surface area contributed by atoms with Crippen molar-refractivity contribution in [1.82, 2.24) is 5.32 Å². The molecule has 3 aromatic carbocycles. The Kier molecular flexibility index (Phi) is 14.0. The van der Waals surface area contributed by atoms with Gasteiger partial charge in [-0.25, -0.2) is 0 Å². The lowest BCUT2D eigenvalue weighted by Crippen LogP contribution is -2.11. The molecule has 33 heavy (non-hydrogen) atoms. The van der Waals surface area contributed by atoms with Crippen LogP contribution in [0.15, 0.2) is 90.4 Å². The predicted molar refractivity (Wildman–Crippen MR) is 135 cm³/mol. The van der Waals surface area contributed by atoms with E-state index in [0.717, 1.165) is 17.5 Å². The molecule has 0 aromatic heterocycles. The van der Waals surface area contributed by atoms with Gasteiger partial charge in [0, 0.05) is 5.56 Å². The van der Waals surface area contributed by atoms with Crippen molar-refractivity contribution < 1.29 is 19.0 Å². The van der Waals surface area contributed by atoms with Crippen LogP contribution in [-0.4, -0.2) is 41.0 Å². The van der Waals surface area contributed by atoms with Gasteiger partial charge in [-0.15, -0.1) is 0 Å². The Morgan fingerprint density at radius 1 is 0.939 bits per heavy atom. The fourth-order valence-corrected chi connectivity index (χ4v) is 2.49. The number of nitrogens with one attached hydrogen (secondary N) is 1. The average Bonchev–Trinajstić information content (AvgIpc) is 2.89. The van der Waals surface area contributed by atoms with E-state index in [0.29, 0.717) is 30.4 Å². The molecule has 0 unspecified atom stereocenters. The minimum absolute atomic E-state index is 0.571. The van der Waals surface area contributed by atoms with Crippen molar-refractivity contribution in [3.05, 3.63) is 102 Å². The van der Waals surface area contributed by atoms with E-state index in [1.165, 1.54) is 12.7 Å². The Morgan fingerprint density at radius 2 is 1.55 bits per heavy atom. The Labute approximate surface area is 196 Å². The Bertz CT molecular complexity index is 960. The zero-order chi connectivity index (χ0) is 24.3. The SMILES string of the molecule is C=NC(=C)c1ccccc1.CNCOCc1ccccc1.COc1ccc(C=O)cc1OC. The molecule has 3 rings (SSSR count). The maximum Gasteiger partial charge on any atom is 0.161 e. The van der Waals surface area contributed by atoms with E-state index < -0.39 is 0 Å². The number of carbonyl (C=O) groups is 1. The zero-order valence-corrected chi connectivity index (χ0v) is 19.5. The summed E-state index contributed by atoms with van der Waals surface area (Å²) in [5.74, 6) is 1.20. The van der Waals surface area contributed by atoms with Crippen molar-refractivity contribution in [2.24, 2.45) is 4.99 Å². The lowest BCUT2D eigenvalue weighted by Gasteiger charge is -2.06. The molecule has 0 spiro atoms. The van der Waals surface area contributed by atoms with E-state index in [-0.39, 0.29) is 0 Å². The van der Waals surface area contributed by atoms with Gasteiger partial charge < -0.3 is 14.2 Å². The van der Waals surface area contributed by atoms with Gasteiger partial charge in [0.15, 0.2) is 11.5 Å². The summed E-state index contributed by atoms with van der Waals surface area (Å²) in [6.07, 6.45) is 0.766. The van der Waals surface area contributed by atoms with Crippen molar-refractivity contribution in [1.29, 1.82) is 0 Å². The molecule has 0 radical (unpaired) electrons. The molecule has 0 heterocycles. The Morgan fingerprint density at radius 3 is 2.06 bits per heavy atom. The summed E-state index contributed by atoms with van der Waals surface area (Å²) in [6.45, 7) is 8.39. The highest BCUT2D eigenvalue weighted by Crippen LogP contribution is 2.26. The van der Waals surface area contributed by atoms with Gasteiger partial charge in [0.2, 0.25) is 0 Å². The van der Waals surface area contributed by atoms with E-state index in [4.69, 9.17) is 14.2 Å². The summed E-state index contributed by atoms with van der Waals surface area (Å²) >= 11 is 0. The second-order valence-electron chi connectivity index (χ2n) is 6.54. The molecule has 6 nitrogen and oxygen atoms in total. The molecule has 0 atom stereocenters. The number of carbonyl (C=O) groups excluding carboxylic acids is 1. The average molecular weight is 449 g/mol. The van der Waals surface area contributed by atoms with Crippen LogP contribution in [0.2, 0.25) is 0 Å². The van der Waals surface area contributed by atoms with Crippen LogP contribution in [0.25, 0.3) is 5.70 Å². The Hall–Kier alpha value is -3.74. The van der Waals surface area contributed by atoms with E-state index in [9.17, 15) is 4.79 Å². The summed E-state index contributed by atoms with van der Waals surface area (Å²) in [6, 6.07) is 24.9. The van der Waals surface area contributed by atoms with Crippen LogP contribution in [-0.2, 0) is 11.3 Å². The molecular weight excluding hydrogens is 416 g/mol. The number of rotatable bonds is 9. The monoisotopic (exact) mass is 448 g/mol. The molecular formula is C27H32N2O4. The van der Waals surface area contributed by atoms with Crippen LogP contribution in [0.3, 0.4) is 0 Å². The molecule has 0 aliphatic heterocycles. The third kappa shape index (κ3) is 10.9. The number of ether oxygens (including phenoxy) is 3. The molecule has 1 N–H and O–H groups in total. The maximum atomic E-state index is 10.4. The van der Waals surface area contributed by atoms with Gasteiger partial charge in [0.1, 0.15) is 6.29 Å². The summed E-state index contributed by atoms with van der Waals surface area (Å²) in [5, 5.41) is 2.92. The number of benzene rings is 3. The van der Waals surface area contributed by atoms with Gasteiger partial charge in [-0.2, -0.15) is 0 Å². The molecule has 0 saturated heterocycles. The normalized spacial score (nSPS) is 9.30. The maximum absolute atomic E-state index is 10.4. The lowest BCUT2D eigenvalue weighted by molar-refractivity contribution is 0.109. The van der Waals surface area contributed by atoms with Crippen LogP contribution in [0.5, 0.6) is 11.5 Å². The molecule has 6 heteroatoms. The second kappa shape index (κ2) is 16.9. The quantitative estimate of drug-likeness (QED) is 0.209. The number of nitrogens with zero attached hydrogens (tertiary/aromatic N) is 1. The van der Waals surface area contributed by atoms with Gasteiger partial charge in [-0.1, -0.05) is 67.2 Å². The summed E-state index contributed by atoms with van der Waals surface area (Å²) in [5.41, 5.74) is 3.54. The molecule has 0 aliphatic carbocycles. The highest BCUT2D eigenvalue weighted by molar-refractivity contribution is 5.76. The van der Waals surface area contributed by atoms with Gasteiger partial charge in [-0.05, 0) is 43.1 Å². The van der Waals surface area contributed by atoms with Crippen LogP contribution in [0.4, 0.5) is 0 Å². The van der Waals surface area contributed by atoms with E-state index in [1.807, 2.05) is 55.6 Å². The number of methoxy groups -OCH3 is 2. The molecule has 3 aromatic rings. The Balaban J connectivity index is 0.000000249. The molecule has 174 valence electrons. The third-order valence-electron chi connectivity index (χ3n) is 4.20. The summed E-state index contributed by atoms with van der Waals surface area (Å²) in [7, 11) is 4.95. The molecule has 0 amide bonds. The largest absolute Gasteiger partial charge is 0.493 e. The van der Waals surface area contributed by atoms with E-state index >= 15 is 0 Å². The fraction of sp³-hybridized carbons (Fsp3) is 0.185. The smallest absolute Gasteiger partial charge is 0.161 e. The first-order valence-electron chi connectivity index (χ1n) is 10.2. The van der Waals surface area contributed by atoms with Crippen molar-refractivity contribution in [3.63, 3.8) is 0 Å². The van der Waals surface area contributed by atoms with Gasteiger partial charge in [0.25, 0.3) is 0 Å². The van der Waals surface area contributed by atoms with E-state index in [1.54, 1.807) is 25.3 Å². The number of hydrogen-bond donors (Lipinski definition) is 1. The first kappa shape index (κ1) is 27.3. The number of aldehydes is 1. The van der Waals surface area contributed by atoms with Crippen LogP contribution >= 0.6 is 0 Å². The molecule has 0 saturated carbocycles. The number of aliphatic imine (C=N–C) groups is 1. The van der Waals surface area contributed by atoms with Crippen LogP contribution < -0.4 is 14.8 Å². The minimum Gasteiger partial charge on any atom is -0.493 e. The molecule has 0 bridgehead atoms. The first-order chi connectivity index (χ1) is 16.1. The lowest BCUT2D eigenvalue weighted by atomic mass is 10.2. The van der Waals surface area contributed by atoms with Crippen LogP contribution in [0.1, 0.15) is 21.5 Å². The fourth-order valence-electron chi connectivity index (χ4n) is 2.49. The van der Waals surface area contributed by atoms with Gasteiger partial charge in [0.05, 0.1) is 33.3 Å². The molecule has 0 fully saturated rings. The molecule has 0 aliphatic rings. The van der Waals surface area contributed by atoms with Crippen molar-refractivity contribution in [2.75, 3.05) is 28.0 Å². The first-order valence-corrected chi connectivity index (χ1v) is 10.2. The highest BCUT2D eigenvalue weighted by atomic mass is 16.5. The standard InChI is InChI=1S/C9H13NO.C9H9N.C9H10O3/c1-10-8-11-7-9-5-3-2-4-6-9;1-8(10-2)9-6-4-3-5-7-9;1-11-8-4-3-7(6-10)5-9(8)12-2/h2-6,10H,7-8H2,1H3;3-7H,1-2H2;3-6H,1-2H3. The predicted octanol–water partition coefficient (Wildman–Crippen LogP) is 5.25. The zero-order valence-electron chi connectivity index (χ0n) is 19.5.